The molecule has 0 saturated carbocycles. The zero-order chi connectivity index (χ0) is 9.35. The maximum Gasteiger partial charge on any atom is 0.169 e. The van der Waals surface area contributed by atoms with Crippen LogP contribution in [0.3, 0.4) is 0 Å². The zero-order valence-corrected chi connectivity index (χ0v) is 9.05. The fourth-order valence-electron chi connectivity index (χ4n) is 1.22. The highest BCUT2D eigenvalue weighted by molar-refractivity contribution is 8.05. The van der Waals surface area contributed by atoms with Crippen molar-refractivity contribution in [2.45, 2.75) is 45.3 Å². The normalized spacial score (nSPS) is 19.2. The number of carbonyl (C=O) groups is 1. The Morgan fingerprint density at radius 1 is 1.25 bits per heavy atom. The average molecular weight is 184 g/mol. The van der Waals surface area contributed by atoms with Gasteiger partial charge in [-0.1, -0.05) is 26.3 Å². The van der Waals surface area contributed by atoms with Gasteiger partial charge in [-0.05, 0) is 13.3 Å². The maximum absolute atomic E-state index is 11.4. The van der Waals surface area contributed by atoms with Gasteiger partial charge in [0, 0.05) is 16.1 Å². The van der Waals surface area contributed by atoms with Gasteiger partial charge in [0.05, 0.1) is 0 Å². The van der Waals surface area contributed by atoms with Gasteiger partial charge in [-0.2, -0.15) is 0 Å². The number of allylic oxidation sites excluding steroid dienone is 2. The van der Waals surface area contributed by atoms with E-state index in [0.717, 1.165) is 17.7 Å². The molecule has 2 heteroatoms. The second kappa shape index (κ2) is 3.25. The first-order chi connectivity index (χ1) is 5.40. The van der Waals surface area contributed by atoms with Gasteiger partial charge in [-0.3, -0.25) is 4.79 Å². The van der Waals surface area contributed by atoms with E-state index in [1.54, 1.807) is 11.8 Å². The van der Waals surface area contributed by atoms with Crippen LogP contribution in [-0.2, 0) is 4.79 Å². The van der Waals surface area contributed by atoms with Gasteiger partial charge in [-0.25, -0.2) is 0 Å². The summed E-state index contributed by atoms with van der Waals surface area (Å²) in [6.45, 7) is 8.50. The standard InChI is InChI=1S/C10H16OS/c1-7-5-6-8(11)9(7)12-10(2,3)4/h5-6H2,1-4H3. The van der Waals surface area contributed by atoms with Crippen molar-refractivity contribution in [3.8, 4) is 0 Å². The van der Waals surface area contributed by atoms with Crippen LogP contribution in [0, 0.1) is 0 Å². The van der Waals surface area contributed by atoms with E-state index in [1.807, 2.05) is 0 Å². The summed E-state index contributed by atoms with van der Waals surface area (Å²) in [4.78, 5) is 12.4. The molecular weight excluding hydrogens is 168 g/mol. The lowest BCUT2D eigenvalue weighted by atomic mass is 10.3. The molecule has 0 unspecified atom stereocenters. The van der Waals surface area contributed by atoms with E-state index in [1.165, 1.54) is 5.57 Å². The Morgan fingerprint density at radius 2 is 1.83 bits per heavy atom. The molecule has 1 aliphatic carbocycles. The lowest BCUT2D eigenvalue weighted by Gasteiger charge is -2.18. The monoisotopic (exact) mass is 184 g/mol. The summed E-state index contributed by atoms with van der Waals surface area (Å²) in [7, 11) is 0. The van der Waals surface area contributed by atoms with Crippen LogP contribution >= 0.6 is 11.8 Å². The second-order valence-corrected chi connectivity index (χ2v) is 6.08. The molecule has 0 atom stereocenters. The van der Waals surface area contributed by atoms with Crippen LogP contribution in [0.15, 0.2) is 10.5 Å². The third-order valence-electron chi connectivity index (χ3n) is 1.78. The molecule has 1 aliphatic rings. The minimum absolute atomic E-state index is 0.163. The molecule has 1 rings (SSSR count). The molecule has 0 aliphatic heterocycles. The van der Waals surface area contributed by atoms with Crippen molar-refractivity contribution in [2.75, 3.05) is 0 Å². The molecule has 1 nitrogen and oxygen atoms in total. The number of carbonyl (C=O) groups excluding carboxylic acids is 1. The molecule has 0 aromatic rings. The van der Waals surface area contributed by atoms with Crippen molar-refractivity contribution >= 4 is 17.5 Å². The number of hydrogen-bond acceptors (Lipinski definition) is 2. The third-order valence-corrected chi connectivity index (χ3v) is 3.17. The molecule has 0 saturated heterocycles. The summed E-state index contributed by atoms with van der Waals surface area (Å²) in [6.07, 6.45) is 1.70. The van der Waals surface area contributed by atoms with Gasteiger partial charge >= 0.3 is 0 Å². The minimum Gasteiger partial charge on any atom is -0.294 e. The highest BCUT2D eigenvalue weighted by atomic mass is 32.2. The smallest absolute Gasteiger partial charge is 0.169 e. The van der Waals surface area contributed by atoms with Crippen molar-refractivity contribution in [3.63, 3.8) is 0 Å². The molecule has 0 heterocycles. The van der Waals surface area contributed by atoms with Gasteiger partial charge in [0.15, 0.2) is 5.78 Å². The number of thioether (sulfide) groups is 1. The van der Waals surface area contributed by atoms with E-state index >= 15 is 0 Å². The second-order valence-electron chi connectivity index (χ2n) is 4.25. The predicted octanol–water partition coefficient (Wildman–Crippen LogP) is 3.16. The fourth-order valence-corrected chi connectivity index (χ4v) is 2.32. The third kappa shape index (κ3) is 2.37. The van der Waals surface area contributed by atoms with Crippen LogP contribution in [0.2, 0.25) is 0 Å². The molecule has 0 N–H and O–H groups in total. The number of Topliss-reactive ketones (excluding diaryl/α,β-unsaturated/α-hetero) is 1. The number of rotatable bonds is 1. The van der Waals surface area contributed by atoms with Crippen LogP contribution in [0.1, 0.15) is 40.5 Å². The molecule has 0 amide bonds. The topological polar surface area (TPSA) is 17.1 Å². The van der Waals surface area contributed by atoms with E-state index in [2.05, 4.69) is 27.7 Å². The SMILES string of the molecule is CC1=C(SC(C)(C)C)C(=O)CC1. The Kier molecular flexibility index (Phi) is 2.67. The summed E-state index contributed by atoms with van der Waals surface area (Å²) in [5.74, 6) is 0.340. The van der Waals surface area contributed by atoms with E-state index in [4.69, 9.17) is 0 Å². The highest BCUT2D eigenvalue weighted by Crippen LogP contribution is 2.38. The average Bonchev–Trinajstić information content (AvgIpc) is 2.16. The molecule has 0 aromatic heterocycles. The van der Waals surface area contributed by atoms with Crippen molar-refractivity contribution in [1.29, 1.82) is 0 Å². The Balaban J connectivity index is 2.75. The first-order valence-electron chi connectivity index (χ1n) is 4.32. The molecule has 12 heavy (non-hydrogen) atoms. The van der Waals surface area contributed by atoms with Crippen LogP contribution in [-0.4, -0.2) is 10.5 Å². The molecule has 0 spiro atoms. The fraction of sp³-hybridized carbons (Fsp3) is 0.700. The van der Waals surface area contributed by atoms with Crippen molar-refractivity contribution in [3.05, 3.63) is 10.5 Å². The quantitative estimate of drug-likeness (QED) is 0.622. The molecule has 0 fully saturated rings. The number of hydrogen-bond donors (Lipinski definition) is 0. The molecule has 0 radical (unpaired) electrons. The molecule has 68 valence electrons. The summed E-state index contributed by atoms with van der Waals surface area (Å²) in [5, 5.41) is 0. The molecular formula is C10H16OS. The molecule has 0 bridgehead atoms. The van der Waals surface area contributed by atoms with Gasteiger partial charge in [-0.15, -0.1) is 11.8 Å². The van der Waals surface area contributed by atoms with Crippen LogP contribution in [0.25, 0.3) is 0 Å². The van der Waals surface area contributed by atoms with E-state index in [9.17, 15) is 4.79 Å². The van der Waals surface area contributed by atoms with Gasteiger partial charge < -0.3 is 0 Å². The van der Waals surface area contributed by atoms with Crippen LogP contribution in [0.5, 0.6) is 0 Å². The highest BCUT2D eigenvalue weighted by Gasteiger charge is 2.25. The lowest BCUT2D eigenvalue weighted by molar-refractivity contribution is -0.114. The van der Waals surface area contributed by atoms with E-state index in [0.29, 0.717) is 5.78 Å². The van der Waals surface area contributed by atoms with Crippen molar-refractivity contribution in [2.24, 2.45) is 0 Å². The first kappa shape index (κ1) is 9.85. The maximum atomic E-state index is 11.4. The molecule has 0 aromatic carbocycles. The predicted molar refractivity (Wildman–Crippen MR) is 54.3 cm³/mol. The van der Waals surface area contributed by atoms with Gasteiger partial charge in [0.25, 0.3) is 0 Å². The summed E-state index contributed by atoms with van der Waals surface area (Å²) >= 11 is 1.71. The lowest BCUT2D eigenvalue weighted by Crippen LogP contribution is -2.09. The summed E-state index contributed by atoms with van der Waals surface area (Å²) < 4.78 is 0.163. The summed E-state index contributed by atoms with van der Waals surface area (Å²) in [5.41, 5.74) is 1.28. The largest absolute Gasteiger partial charge is 0.294 e. The Hall–Kier alpha value is -0.240. The van der Waals surface area contributed by atoms with E-state index in [-0.39, 0.29) is 4.75 Å². The Labute approximate surface area is 78.6 Å². The zero-order valence-electron chi connectivity index (χ0n) is 8.23. The Bertz CT molecular complexity index is 233. The number of ketones is 1. The van der Waals surface area contributed by atoms with Gasteiger partial charge in [0.1, 0.15) is 0 Å². The Morgan fingerprint density at radius 3 is 2.17 bits per heavy atom. The minimum atomic E-state index is 0.163. The van der Waals surface area contributed by atoms with Crippen molar-refractivity contribution < 1.29 is 4.79 Å². The van der Waals surface area contributed by atoms with E-state index < -0.39 is 0 Å². The first-order valence-corrected chi connectivity index (χ1v) is 5.14. The summed E-state index contributed by atoms with van der Waals surface area (Å²) in [6, 6.07) is 0. The van der Waals surface area contributed by atoms with Crippen LogP contribution < -0.4 is 0 Å². The van der Waals surface area contributed by atoms with Gasteiger partial charge in [0.2, 0.25) is 0 Å². The van der Waals surface area contributed by atoms with Crippen LogP contribution in [0.4, 0.5) is 0 Å². The van der Waals surface area contributed by atoms with Crippen molar-refractivity contribution in [1.82, 2.24) is 0 Å².